The van der Waals surface area contributed by atoms with Crippen LogP contribution in [-0.2, 0) is 0 Å². The van der Waals surface area contributed by atoms with Crippen LogP contribution >= 0.6 is 23.2 Å². The predicted molar refractivity (Wildman–Crippen MR) is 94.1 cm³/mol. The van der Waals surface area contributed by atoms with E-state index in [1.165, 1.54) is 0 Å². The molecule has 1 aromatic heterocycles. The number of rotatable bonds is 4. The molecule has 0 bridgehead atoms. The van der Waals surface area contributed by atoms with Crippen LogP contribution in [0, 0.1) is 12.8 Å². The number of halogens is 2. The van der Waals surface area contributed by atoms with Gasteiger partial charge in [0.25, 0.3) is 0 Å². The van der Waals surface area contributed by atoms with Gasteiger partial charge in [0.2, 0.25) is 5.89 Å². The Hall–Kier alpha value is -1.79. The van der Waals surface area contributed by atoms with E-state index in [2.05, 4.69) is 15.5 Å². The number of likely N-dealkylation sites (tertiary alicyclic amines) is 1. The summed E-state index contributed by atoms with van der Waals surface area (Å²) in [6.45, 7) is 3.67. The third-order valence-electron chi connectivity index (χ3n) is 4.86. The maximum atomic E-state index is 12.2. The number of urea groups is 1. The lowest BCUT2D eigenvalue weighted by Crippen LogP contribution is -2.52. The molecule has 2 fully saturated rings. The van der Waals surface area contributed by atoms with Crippen LogP contribution in [0.4, 0.5) is 4.79 Å². The molecule has 132 valence electrons. The smallest absolute Gasteiger partial charge is 0.317 e. The molecule has 2 aromatic rings. The Morgan fingerprint density at radius 3 is 2.88 bits per heavy atom. The number of aromatic nitrogens is 2. The molecule has 2 heterocycles. The van der Waals surface area contributed by atoms with Crippen LogP contribution in [0.5, 0.6) is 0 Å². The predicted octanol–water partition coefficient (Wildman–Crippen LogP) is 3.60. The van der Waals surface area contributed by atoms with Crippen LogP contribution in [-0.4, -0.2) is 40.7 Å². The Morgan fingerprint density at radius 1 is 1.40 bits per heavy atom. The van der Waals surface area contributed by atoms with Gasteiger partial charge < -0.3 is 14.7 Å². The second-order valence-corrected chi connectivity index (χ2v) is 7.58. The van der Waals surface area contributed by atoms with Crippen molar-refractivity contribution in [3.05, 3.63) is 45.5 Å². The summed E-state index contributed by atoms with van der Waals surface area (Å²) in [6, 6.07) is 5.56. The third-order valence-corrected chi connectivity index (χ3v) is 5.42. The highest BCUT2D eigenvalue weighted by Crippen LogP contribution is 2.49. The Morgan fingerprint density at radius 2 is 2.20 bits per heavy atom. The number of nitrogens with one attached hydrogen (secondary N) is 1. The SMILES string of the molecule is Cc1noc(C2CN(C(=O)NC[C@@H]3C[C@H]3c3ccc(Cl)cc3Cl)C2)n1. The molecular weight excluding hydrogens is 363 g/mol. The normalized spacial score (nSPS) is 22.6. The second kappa shape index (κ2) is 6.50. The monoisotopic (exact) mass is 380 g/mol. The fourth-order valence-corrected chi connectivity index (χ4v) is 3.81. The highest BCUT2D eigenvalue weighted by Gasteiger charge is 2.41. The van der Waals surface area contributed by atoms with E-state index in [-0.39, 0.29) is 11.9 Å². The standard InChI is InChI=1S/C17H18Cl2N4O2/c1-9-21-16(25-22-9)11-7-23(8-11)17(24)20-6-10-4-14(10)13-3-2-12(18)5-15(13)19/h2-3,5,10-11,14H,4,6-8H2,1H3,(H,20,24)/t10-,14+/m0/s1. The topological polar surface area (TPSA) is 71.3 Å². The van der Waals surface area contributed by atoms with Crippen LogP contribution in [0.2, 0.25) is 10.0 Å². The van der Waals surface area contributed by atoms with Crippen molar-refractivity contribution in [2.75, 3.05) is 19.6 Å². The Bertz CT molecular complexity index is 804. The lowest BCUT2D eigenvalue weighted by molar-refractivity contribution is 0.136. The summed E-state index contributed by atoms with van der Waals surface area (Å²) in [4.78, 5) is 18.2. The van der Waals surface area contributed by atoms with Gasteiger partial charge in [-0.05, 0) is 42.9 Å². The molecule has 4 rings (SSSR count). The van der Waals surface area contributed by atoms with E-state index in [1.807, 2.05) is 12.1 Å². The van der Waals surface area contributed by atoms with Crippen molar-refractivity contribution >= 4 is 29.2 Å². The number of carbonyl (C=O) groups excluding carboxylic acids is 1. The van der Waals surface area contributed by atoms with Gasteiger partial charge in [-0.3, -0.25) is 0 Å². The van der Waals surface area contributed by atoms with Gasteiger partial charge in [0.15, 0.2) is 5.82 Å². The first-order valence-corrected chi connectivity index (χ1v) is 9.05. The minimum Gasteiger partial charge on any atom is -0.339 e. The number of benzene rings is 1. The molecule has 1 saturated carbocycles. The maximum absolute atomic E-state index is 12.2. The molecule has 0 radical (unpaired) electrons. The summed E-state index contributed by atoms with van der Waals surface area (Å²) >= 11 is 12.2. The molecule has 2 amide bonds. The first kappa shape index (κ1) is 16.7. The summed E-state index contributed by atoms with van der Waals surface area (Å²) in [6.07, 6.45) is 1.03. The molecule has 1 aromatic carbocycles. The molecule has 8 heteroatoms. The fraction of sp³-hybridized carbons (Fsp3) is 0.471. The Balaban J connectivity index is 1.23. The fourth-order valence-electron chi connectivity index (χ4n) is 3.27. The van der Waals surface area contributed by atoms with Crippen LogP contribution in [0.25, 0.3) is 0 Å². The molecule has 1 aliphatic heterocycles. The number of amides is 2. The lowest BCUT2D eigenvalue weighted by atomic mass is 10.0. The van der Waals surface area contributed by atoms with Gasteiger partial charge in [0.05, 0.1) is 5.92 Å². The van der Waals surface area contributed by atoms with Crippen LogP contribution in [0.15, 0.2) is 22.7 Å². The molecule has 25 heavy (non-hydrogen) atoms. The zero-order valence-corrected chi connectivity index (χ0v) is 15.2. The molecular formula is C17H18Cl2N4O2. The van der Waals surface area contributed by atoms with Crippen molar-refractivity contribution in [1.29, 1.82) is 0 Å². The second-order valence-electron chi connectivity index (χ2n) is 6.74. The Kier molecular flexibility index (Phi) is 4.33. The summed E-state index contributed by atoms with van der Waals surface area (Å²) < 4.78 is 5.15. The van der Waals surface area contributed by atoms with Gasteiger partial charge in [-0.2, -0.15) is 4.98 Å². The van der Waals surface area contributed by atoms with E-state index in [0.717, 1.165) is 12.0 Å². The molecule has 0 spiro atoms. The number of nitrogens with zero attached hydrogens (tertiary/aromatic N) is 3. The zero-order valence-electron chi connectivity index (χ0n) is 13.7. The van der Waals surface area contributed by atoms with Gasteiger partial charge in [-0.15, -0.1) is 0 Å². The number of carbonyl (C=O) groups is 1. The van der Waals surface area contributed by atoms with Crippen LogP contribution in [0.3, 0.4) is 0 Å². The molecule has 6 nitrogen and oxygen atoms in total. The van der Waals surface area contributed by atoms with Crippen molar-refractivity contribution in [3.63, 3.8) is 0 Å². The van der Waals surface area contributed by atoms with Crippen molar-refractivity contribution in [2.45, 2.75) is 25.2 Å². The van der Waals surface area contributed by atoms with E-state index in [9.17, 15) is 4.79 Å². The van der Waals surface area contributed by atoms with Crippen molar-refractivity contribution in [3.8, 4) is 0 Å². The van der Waals surface area contributed by atoms with Crippen molar-refractivity contribution < 1.29 is 9.32 Å². The Labute approximate surface area is 155 Å². The van der Waals surface area contributed by atoms with E-state index in [4.69, 9.17) is 27.7 Å². The largest absolute Gasteiger partial charge is 0.339 e. The highest BCUT2D eigenvalue weighted by atomic mass is 35.5. The lowest BCUT2D eigenvalue weighted by Gasteiger charge is -2.36. The molecule has 1 saturated heterocycles. The summed E-state index contributed by atoms with van der Waals surface area (Å²) in [7, 11) is 0. The first-order valence-electron chi connectivity index (χ1n) is 8.29. The van der Waals surface area contributed by atoms with E-state index < -0.39 is 0 Å². The van der Waals surface area contributed by atoms with Crippen molar-refractivity contribution in [1.82, 2.24) is 20.4 Å². The quantitative estimate of drug-likeness (QED) is 0.879. The third kappa shape index (κ3) is 3.46. The van der Waals surface area contributed by atoms with Gasteiger partial charge in [-0.25, -0.2) is 4.79 Å². The summed E-state index contributed by atoms with van der Waals surface area (Å²) in [5.41, 5.74) is 1.11. The van der Waals surface area contributed by atoms with E-state index in [0.29, 0.717) is 53.2 Å². The van der Waals surface area contributed by atoms with Gasteiger partial charge in [0, 0.05) is 29.7 Å². The van der Waals surface area contributed by atoms with Crippen molar-refractivity contribution in [2.24, 2.45) is 5.92 Å². The molecule has 1 aliphatic carbocycles. The van der Waals surface area contributed by atoms with Gasteiger partial charge in [-0.1, -0.05) is 34.4 Å². The highest BCUT2D eigenvalue weighted by molar-refractivity contribution is 6.35. The molecule has 0 unspecified atom stereocenters. The summed E-state index contributed by atoms with van der Waals surface area (Å²) in [5, 5.41) is 8.13. The molecule has 1 N–H and O–H groups in total. The molecule has 2 atom stereocenters. The van der Waals surface area contributed by atoms with E-state index >= 15 is 0 Å². The molecule has 2 aliphatic rings. The average molecular weight is 381 g/mol. The first-order chi connectivity index (χ1) is 12.0. The minimum atomic E-state index is -0.0414. The van der Waals surface area contributed by atoms with Gasteiger partial charge in [0.1, 0.15) is 0 Å². The average Bonchev–Trinajstić information content (AvgIpc) is 3.16. The number of hydrogen-bond donors (Lipinski definition) is 1. The van der Waals surface area contributed by atoms with Crippen LogP contribution in [0.1, 0.15) is 35.5 Å². The minimum absolute atomic E-state index is 0.0414. The number of aryl methyl sites for hydroxylation is 1. The van der Waals surface area contributed by atoms with E-state index in [1.54, 1.807) is 17.9 Å². The number of hydrogen-bond acceptors (Lipinski definition) is 4. The van der Waals surface area contributed by atoms with Crippen LogP contribution < -0.4 is 5.32 Å². The maximum Gasteiger partial charge on any atom is 0.317 e. The van der Waals surface area contributed by atoms with Gasteiger partial charge >= 0.3 is 6.03 Å². The summed E-state index contributed by atoms with van der Waals surface area (Å²) in [5.74, 6) is 2.21. The zero-order chi connectivity index (χ0) is 17.6.